The molecule has 33 heavy (non-hydrogen) atoms. The fourth-order valence-corrected chi connectivity index (χ4v) is 4.72. The van der Waals surface area contributed by atoms with Crippen molar-refractivity contribution in [2.24, 2.45) is 0 Å². The largest absolute Gasteiger partial charge is 0.478 e. The van der Waals surface area contributed by atoms with Gasteiger partial charge in [0.05, 0.1) is 22.1 Å². The van der Waals surface area contributed by atoms with Crippen LogP contribution in [-0.2, 0) is 9.59 Å². The molecule has 1 aliphatic heterocycles. The van der Waals surface area contributed by atoms with E-state index in [-0.39, 0.29) is 29.4 Å². The van der Waals surface area contributed by atoms with Crippen molar-refractivity contribution < 1.29 is 24.3 Å². The zero-order valence-corrected chi connectivity index (χ0v) is 19.4. The van der Waals surface area contributed by atoms with Crippen molar-refractivity contribution in [2.45, 2.75) is 16.6 Å². The minimum Gasteiger partial charge on any atom is -0.478 e. The summed E-state index contributed by atoms with van der Waals surface area (Å²) in [6, 6.07) is 19.8. The molecule has 0 saturated carbocycles. The number of aromatic carboxylic acids is 1. The van der Waals surface area contributed by atoms with E-state index < -0.39 is 17.1 Å². The molecule has 0 spiro atoms. The Balaban J connectivity index is 1.42. The predicted octanol–water partition coefficient (Wildman–Crippen LogP) is 4.82. The third kappa shape index (κ3) is 4.99. The average molecular weight is 525 g/mol. The number of amides is 3. The van der Waals surface area contributed by atoms with Gasteiger partial charge in [0.25, 0.3) is 5.91 Å². The molecular weight excluding hydrogens is 508 g/mol. The van der Waals surface area contributed by atoms with Crippen LogP contribution in [0.25, 0.3) is 0 Å². The van der Waals surface area contributed by atoms with E-state index in [2.05, 4.69) is 21.2 Å². The van der Waals surface area contributed by atoms with Gasteiger partial charge in [-0.15, -0.1) is 11.8 Å². The van der Waals surface area contributed by atoms with Crippen molar-refractivity contribution in [3.8, 4) is 0 Å². The van der Waals surface area contributed by atoms with E-state index in [1.807, 2.05) is 0 Å². The van der Waals surface area contributed by atoms with Gasteiger partial charge in [0.1, 0.15) is 0 Å². The number of carboxylic acid groups (broad SMARTS) is 1. The molecule has 4 rings (SSSR count). The van der Waals surface area contributed by atoms with Gasteiger partial charge in [-0.1, -0.05) is 28.1 Å². The second-order valence-corrected chi connectivity index (χ2v) is 9.38. The highest BCUT2D eigenvalue weighted by molar-refractivity contribution is 9.10. The molecule has 3 aromatic rings. The molecule has 0 aliphatic carbocycles. The quantitative estimate of drug-likeness (QED) is 0.448. The monoisotopic (exact) mass is 524 g/mol. The third-order valence-corrected chi connectivity index (χ3v) is 6.71. The number of thioether (sulfide) groups is 1. The first-order chi connectivity index (χ1) is 15.8. The van der Waals surface area contributed by atoms with Gasteiger partial charge in [-0.05, 0) is 60.7 Å². The fourth-order valence-electron chi connectivity index (χ4n) is 3.40. The molecule has 1 aliphatic rings. The van der Waals surface area contributed by atoms with Gasteiger partial charge in [-0.3, -0.25) is 14.4 Å². The minimum atomic E-state index is -1.18. The molecule has 3 amide bonds. The highest BCUT2D eigenvalue weighted by Crippen LogP contribution is 2.34. The van der Waals surface area contributed by atoms with Crippen molar-refractivity contribution >= 4 is 62.8 Å². The number of carbonyl (C=O) groups is 4. The molecule has 1 fully saturated rings. The van der Waals surface area contributed by atoms with Crippen molar-refractivity contribution in [1.82, 2.24) is 0 Å². The maximum Gasteiger partial charge on any atom is 0.336 e. The molecule has 0 unspecified atom stereocenters. The van der Waals surface area contributed by atoms with E-state index in [0.717, 1.165) is 9.37 Å². The van der Waals surface area contributed by atoms with Gasteiger partial charge < -0.3 is 10.4 Å². The van der Waals surface area contributed by atoms with Crippen LogP contribution in [0.1, 0.15) is 27.1 Å². The Hall–Kier alpha value is -3.43. The van der Waals surface area contributed by atoms with E-state index in [4.69, 9.17) is 0 Å². The van der Waals surface area contributed by atoms with Gasteiger partial charge in [0.2, 0.25) is 11.8 Å². The molecule has 0 aromatic heterocycles. The number of halogens is 1. The lowest BCUT2D eigenvalue weighted by Crippen LogP contribution is -2.31. The van der Waals surface area contributed by atoms with E-state index in [1.165, 1.54) is 28.8 Å². The predicted molar refractivity (Wildman–Crippen MR) is 129 cm³/mol. The van der Waals surface area contributed by atoms with Gasteiger partial charge in [-0.25, -0.2) is 9.69 Å². The lowest BCUT2D eigenvalue weighted by Gasteiger charge is -2.15. The van der Waals surface area contributed by atoms with Crippen LogP contribution >= 0.6 is 27.7 Å². The number of nitrogens with one attached hydrogen (secondary N) is 1. The summed E-state index contributed by atoms with van der Waals surface area (Å²) in [7, 11) is 0. The summed E-state index contributed by atoms with van der Waals surface area (Å²) in [6.07, 6.45) is 0.101. The molecule has 166 valence electrons. The molecular formula is C24H17BrN2O5S. The Labute approximate surface area is 201 Å². The van der Waals surface area contributed by atoms with E-state index in [9.17, 15) is 24.3 Å². The van der Waals surface area contributed by atoms with Crippen molar-refractivity contribution in [3.63, 3.8) is 0 Å². The summed E-state index contributed by atoms with van der Waals surface area (Å²) in [4.78, 5) is 51.1. The second kappa shape index (κ2) is 9.60. The SMILES string of the molecule is O=C(O)c1ccccc1C(=O)Nc1ccc(S[C@H]2CC(=O)N(c3ccc(Br)cc3)C2=O)cc1. The third-order valence-electron chi connectivity index (χ3n) is 4.98. The van der Waals surface area contributed by atoms with Gasteiger partial charge in [0.15, 0.2) is 0 Å². The first-order valence-corrected chi connectivity index (χ1v) is 11.5. The van der Waals surface area contributed by atoms with Crippen LogP contribution < -0.4 is 10.2 Å². The second-order valence-electron chi connectivity index (χ2n) is 7.18. The first-order valence-electron chi connectivity index (χ1n) is 9.86. The molecule has 2 N–H and O–H groups in total. The molecule has 1 heterocycles. The molecule has 0 bridgehead atoms. The van der Waals surface area contributed by atoms with E-state index >= 15 is 0 Å². The number of benzene rings is 3. The van der Waals surface area contributed by atoms with Crippen LogP contribution in [0.5, 0.6) is 0 Å². The normalized spacial score (nSPS) is 15.5. The van der Waals surface area contributed by atoms with Crippen LogP contribution in [0, 0.1) is 0 Å². The molecule has 1 saturated heterocycles. The Kier molecular flexibility index (Phi) is 6.62. The smallest absolute Gasteiger partial charge is 0.336 e. The fraction of sp³-hybridized carbons (Fsp3) is 0.0833. The highest BCUT2D eigenvalue weighted by atomic mass is 79.9. The number of imide groups is 1. The van der Waals surface area contributed by atoms with Crippen molar-refractivity contribution in [1.29, 1.82) is 0 Å². The minimum absolute atomic E-state index is 0.0616. The van der Waals surface area contributed by atoms with Crippen LogP contribution in [-0.4, -0.2) is 34.0 Å². The Morgan fingerprint density at radius 2 is 1.58 bits per heavy atom. The van der Waals surface area contributed by atoms with Crippen LogP contribution in [0.3, 0.4) is 0 Å². The van der Waals surface area contributed by atoms with Crippen LogP contribution in [0.4, 0.5) is 11.4 Å². The number of carboxylic acids is 1. The number of nitrogens with zero attached hydrogens (tertiary/aromatic N) is 1. The summed E-state index contributed by atoms with van der Waals surface area (Å²) in [5.74, 6) is -2.23. The summed E-state index contributed by atoms with van der Waals surface area (Å²) < 4.78 is 0.856. The summed E-state index contributed by atoms with van der Waals surface area (Å²) in [5, 5.41) is 11.4. The lowest BCUT2D eigenvalue weighted by atomic mass is 10.1. The van der Waals surface area contributed by atoms with E-state index in [0.29, 0.717) is 11.4 Å². The zero-order chi connectivity index (χ0) is 23.5. The van der Waals surface area contributed by atoms with Gasteiger partial charge >= 0.3 is 5.97 Å². The van der Waals surface area contributed by atoms with Crippen molar-refractivity contribution in [2.75, 3.05) is 10.2 Å². The molecule has 1 atom stereocenters. The standard InChI is InChI=1S/C24H17BrN2O5S/c25-14-5-9-16(10-6-14)27-21(28)13-20(23(27)30)33-17-11-7-15(8-12-17)26-22(29)18-3-1-2-4-19(18)24(31)32/h1-12,20H,13H2,(H,26,29)(H,31,32)/t20-/m0/s1. The Morgan fingerprint density at radius 3 is 2.21 bits per heavy atom. The van der Waals surface area contributed by atoms with Crippen LogP contribution in [0.15, 0.2) is 82.2 Å². The average Bonchev–Trinajstić information content (AvgIpc) is 3.08. The number of hydrogen-bond acceptors (Lipinski definition) is 5. The maximum absolute atomic E-state index is 12.8. The Morgan fingerprint density at radius 1 is 0.939 bits per heavy atom. The van der Waals surface area contributed by atoms with Gasteiger partial charge in [0, 0.05) is 21.5 Å². The number of rotatable bonds is 6. The lowest BCUT2D eigenvalue weighted by molar-refractivity contribution is -0.121. The zero-order valence-electron chi connectivity index (χ0n) is 17.0. The number of anilines is 2. The molecule has 3 aromatic carbocycles. The topological polar surface area (TPSA) is 104 Å². The molecule has 7 nitrogen and oxygen atoms in total. The maximum atomic E-state index is 12.8. The van der Waals surface area contributed by atoms with Crippen molar-refractivity contribution in [3.05, 3.63) is 88.4 Å². The molecule has 0 radical (unpaired) electrons. The highest BCUT2D eigenvalue weighted by Gasteiger charge is 2.40. The summed E-state index contributed by atoms with van der Waals surface area (Å²) in [6.45, 7) is 0. The van der Waals surface area contributed by atoms with E-state index in [1.54, 1.807) is 60.7 Å². The summed E-state index contributed by atoms with van der Waals surface area (Å²) >= 11 is 4.62. The first kappa shape index (κ1) is 22.8. The molecule has 9 heteroatoms. The number of hydrogen-bond donors (Lipinski definition) is 2. The summed E-state index contributed by atoms with van der Waals surface area (Å²) in [5.41, 5.74) is 0.999. The van der Waals surface area contributed by atoms with Crippen LogP contribution in [0.2, 0.25) is 0 Å². The van der Waals surface area contributed by atoms with Gasteiger partial charge in [-0.2, -0.15) is 0 Å². The Bertz CT molecular complexity index is 1240. The number of carbonyl (C=O) groups excluding carboxylic acids is 3.